The van der Waals surface area contributed by atoms with Gasteiger partial charge in [0.1, 0.15) is 0 Å². The van der Waals surface area contributed by atoms with Gasteiger partial charge in [-0.05, 0) is 25.6 Å². The Balaban J connectivity index is 3.91. The van der Waals surface area contributed by atoms with Crippen molar-refractivity contribution in [2.75, 3.05) is 6.54 Å². The quantitative estimate of drug-likeness (QED) is 0.324. The summed E-state index contributed by atoms with van der Waals surface area (Å²) in [6, 6.07) is 0. The molecule has 0 fully saturated rings. The van der Waals surface area contributed by atoms with Gasteiger partial charge in [-0.15, -0.1) is 0 Å². The molecule has 0 aliphatic rings. The lowest BCUT2D eigenvalue weighted by Gasteiger charge is -1.99. The molecule has 0 saturated carbocycles. The van der Waals surface area contributed by atoms with Gasteiger partial charge in [-0.2, -0.15) is 0 Å². The number of nitrogens with two attached hydrogens (primary N) is 1. The van der Waals surface area contributed by atoms with Crippen LogP contribution in [0.15, 0.2) is 24.4 Å². The van der Waals surface area contributed by atoms with Crippen LogP contribution in [0.3, 0.4) is 0 Å². The van der Waals surface area contributed by atoms with Gasteiger partial charge < -0.3 is 20.7 Å². The van der Waals surface area contributed by atoms with Gasteiger partial charge in [0, 0.05) is 0 Å². The second-order valence-corrected chi connectivity index (χ2v) is 1.96. The Hall–Kier alpha value is -1.49. The van der Waals surface area contributed by atoms with E-state index in [1.165, 1.54) is 6.08 Å². The number of carbonyl (C=O) groups excluding carboxylic acids is 1. The predicted octanol–water partition coefficient (Wildman–Crippen LogP) is 0.350. The lowest BCUT2D eigenvalue weighted by Crippen LogP contribution is -2.06. The van der Waals surface area contributed by atoms with E-state index in [1.807, 2.05) is 0 Å². The summed E-state index contributed by atoms with van der Waals surface area (Å²) in [6.07, 6.45) is 1.61. The van der Waals surface area contributed by atoms with Crippen molar-refractivity contribution in [2.24, 2.45) is 5.73 Å². The fourth-order valence-corrected chi connectivity index (χ4v) is 0.402. The number of ether oxygens (including phenoxy) is 1. The summed E-state index contributed by atoms with van der Waals surface area (Å²) in [6.45, 7) is 3.24. The summed E-state index contributed by atoms with van der Waals surface area (Å²) >= 11 is 0. The molecule has 0 heterocycles. The van der Waals surface area contributed by atoms with E-state index in [0.717, 1.165) is 0 Å². The molecule has 0 aromatic rings. The normalized spacial score (nSPS) is 10.9. The van der Waals surface area contributed by atoms with Crippen molar-refractivity contribution in [3.63, 3.8) is 0 Å². The van der Waals surface area contributed by atoms with E-state index in [9.17, 15) is 4.79 Å². The van der Waals surface area contributed by atoms with Crippen LogP contribution < -0.4 is 5.73 Å². The lowest BCUT2D eigenvalue weighted by molar-refractivity contribution is -0.141. The molecule has 4 N–H and O–H groups in total. The first kappa shape index (κ1) is 10.5. The fourth-order valence-electron chi connectivity index (χ4n) is 0.402. The zero-order valence-electron chi connectivity index (χ0n) is 6.49. The second-order valence-electron chi connectivity index (χ2n) is 1.96. The summed E-state index contributed by atoms with van der Waals surface area (Å²) < 4.78 is 4.19. The molecule has 12 heavy (non-hydrogen) atoms. The average molecular weight is 173 g/mol. The molecule has 0 bridgehead atoms. The number of rotatable bonds is 4. The monoisotopic (exact) mass is 173 g/mol. The summed E-state index contributed by atoms with van der Waals surface area (Å²) in [7, 11) is 0. The molecule has 0 unspecified atom stereocenters. The molecule has 0 atom stereocenters. The molecule has 68 valence electrons. The van der Waals surface area contributed by atoms with Crippen LogP contribution >= 0.6 is 0 Å². The Labute approximate surface area is 69.8 Å². The number of esters is 1. The minimum atomic E-state index is -1.08. The Kier molecular flexibility index (Phi) is 4.55. The molecular formula is C7H11NO4. The smallest absolute Gasteiger partial charge is 0.380 e. The van der Waals surface area contributed by atoms with Gasteiger partial charge in [0.25, 0.3) is 5.95 Å². The first-order valence-corrected chi connectivity index (χ1v) is 3.27. The third-order valence-corrected chi connectivity index (χ3v) is 0.919. The number of carbonyl (C=O) groups is 1. The van der Waals surface area contributed by atoms with Gasteiger partial charge in [-0.3, -0.25) is 0 Å². The Bertz CT molecular complexity index is 209. The van der Waals surface area contributed by atoms with Crippen LogP contribution in [0, 0.1) is 0 Å². The van der Waals surface area contributed by atoms with E-state index in [0.29, 0.717) is 13.0 Å². The predicted molar refractivity (Wildman–Crippen MR) is 42.2 cm³/mol. The van der Waals surface area contributed by atoms with Crippen molar-refractivity contribution in [1.82, 2.24) is 0 Å². The minimum absolute atomic E-state index is 0.335. The van der Waals surface area contributed by atoms with Gasteiger partial charge in [-0.1, -0.05) is 0 Å². The number of hydrogen-bond acceptors (Lipinski definition) is 5. The highest BCUT2D eigenvalue weighted by atomic mass is 16.6. The highest BCUT2D eigenvalue weighted by molar-refractivity contribution is 5.85. The molecule has 0 saturated heterocycles. The molecule has 5 heteroatoms. The summed E-state index contributed by atoms with van der Waals surface area (Å²) in [5, 5.41) is 17.3. The van der Waals surface area contributed by atoms with Crippen molar-refractivity contribution in [1.29, 1.82) is 0 Å². The highest BCUT2D eigenvalue weighted by Gasteiger charge is 2.07. The van der Waals surface area contributed by atoms with Gasteiger partial charge in [-0.25, -0.2) is 4.79 Å². The van der Waals surface area contributed by atoms with E-state index >= 15 is 0 Å². The molecule has 0 aliphatic carbocycles. The van der Waals surface area contributed by atoms with E-state index < -0.39 is 17.7 Å². The van der Waals surface area contributed by atoms with E-state index in [-0.39, 0.29) is 0 Å². The molecule has 0 radical (unpaired) electrons. The summed E-state index contributed by atoms with van der Waals surface area (Å²) in [5.74, 6) is -2.43. The van der Waals surface area contributed by atoms with Gasteiger partial charge in [0.05, 0.1) is 0 Å². The summed E-state index contributed by atoms with van der Waals surface area (Å²) in [4.78, 5) is 10.5. The maximum absolute atomic E-state index is 10.5. The molecule has 0 amide bonds. The van der Waals surface area contributed by atoms with Crippen LogP contribution in [0.25, 0.3) is 0 Å². The Morgan fingerprint density at radius 3 is 2.58 bits per heavy atom. The standard InChI is InChI=1S/C7H11NO4/c1-5(9)7(11)12-6(10)3-2-4-8/h3,9-10H,1-2,4,8H2/b6-3+. The van der Waals surface area contributed by atoms with E-state index in [1.54, 1.807) is 0 Å². The molecule has 0 rings (SSSR count). The van der Waals surface area contributed by atoms with Gasteiger partial charge in [0.15, 0.2) is 5.76 Å². The second kappa shape index (κ2) is 5.20. The van der Waals surface area contributed by atoms with Crippen molar-refractivity contribution < 1.29 is 19.7 Å². The largest absolute Gasteiger partial charge is 0.502 e. The third kappa shape index (κ3) is 4.35. The van der Waals surface area contributed by atoms with Gasteiger partial charge in [0.2, 0.25) is 0 Å². The first-order valence-electron chi connectivity index (χ1n) is 3.27. The Morgan fingerprint density at radius 1 is 1.58 bits per heavy atom. The lowest BCUT2D eigenvalue weighted by atomic mass is 10.4. The maximum Gasteiger partial charge on any atom is 0.380 e. The van der Waals surface area contributed by atoms with Crippen molar-refractivity contribution in [3.05, 3.63) is 24.4 Å². The zero-order chi connectivity index (χ0) is 9.56. The van der Waals surface area contributed by atoms with E-state index in [2.05, 4.69) is 11.3 Å². The van der Waals surface area contributed by atoms with Crippen LogP contribution in [0.1, 0.15) is 6.42 Å². The molecule has 0 aromatic heterocycles. The van der Waals surface area contributed by atoms with Crippen LogP contribution in [0.2, 0.25) is 0 Å². The maximum atomic E-state index is 10.5. The minimum Gasteiger partial charge on any atom is -0.502 e. The zero-order valence-corrected chi connectivity index (χ0v) is 6.49. The fraction of sp³-hybridized carbons (Fsp3) is 0.286. The third-order valence-electron chi connectivity index (χ3n) is 0.919. The van der Waals surface area contributed by atoms with Crippen molar-refractivity contribution in [3.8, 4) is 0 Å². The summed E-state index contributed by atoms with van der Waals surface area (Å²) in [5.41, 5.74) is 5.10. The van der Waals surface area contributed by atoms with Crippen molar-refractivity contribution in [2.45, 2.75) is 6.42 Å². The SMILES string of the molecule is C=C(O)C(=O)O/C(O)=C/CCN. The van der Waals surface area contributed by atoms with E-state index in [4.69, 9.17) is 15.9 Å². The highest BCUT2D eigenvalue weighted by Crippen LogP contribution is 1.98. The topological polar surface area (TPSA) is 92.8 Å². The molecule has 0 aliphatic heterocycles. The Morgan fingerprint density at radius 2 is 2.17 bits per heavy atom. The van der Waals surface area contributed by atoms with Crippen LogP contribution in [0.5, 0.6) is 0 Å². The van der Waals surface area contributed by atoms with Crippen LogP contribution in [-0.2, 0) is 9.53 Å². The average Bonchev–Trinajstić information content (AvgIpc) is 2.00. The number of aliphatic hydroxyl groups is 2. The van der Waals surface area contributed by atoms with Crippen molar-refractivity contribution >= 4 is 5.97 Å². The number of aliphatic hydroxyl groups excluding tert-OH is 2. The van der Waals surface area contributed by atoms with Crippen LogP contribution in [0.4, 0.5) is 0 Å². The first-order chi connectivity index (χ1) is 5.57. The molecule has 5 nitrogen and oxygen atoms in total. The van der Waals surface area contributed by atoms with Crippen LogP contribution in [-0.4, -0.2) is 22.7 Å². The van der Waals surface area contributed by atoms with Gasteiger partial charge >= 0.3 is 5.97 Å². The number of hydrogen-bond donors (Lipinski definition) is 3. The molecular weight excluding hydrogens is 162 g/mol. The molecule has 0 aromatic carbocycles. The molecule has 0 spiro atoms.